The molecular formula is C13H15FN2. The normalized spacial score (nSPS) is 10.6. The fraction of sp³-hybridized carbons (Fsp3) is 0.308. The number of halogens is 1. The molecule has 2 nitrogen and oxygen atoms in total. The number of hydrogen-bond acceptors (Lipinski definition) is 2. The first-order valence-electron chi connectivity index (χ1n) is 5.28. The second-order valence-corrected chi connectivity index (χ2v) is 3.45. The average Bonchev–Trinajstić information content (AvgIpc) is 2.30. The Balaban J connectivity index is 2.46. The maximum atomic E-state index is 13.4. The highest BCUT2D eigenvalue weighted by atomic mass is 19.1. The Morgan fingerprint density at radius 1 is 1.50 bits per heavy atom. The zero-order valence-electron chi connectivity index (χ0n) is 9.33. The van der Waals surface area contributed by atoms with Crippen LogP contribution in [0.25, 0.3) is 0 Å². The molecule has 0 aromatic heterocycles. The molecule has 0 heterocycles. The molecule has 0 amide bonds. The van der Waals surface area contributed by atoms with Crippen LogP contribution < -0.4 is 5.32 Å². The minimum Gasteiger partial charge on any atom is -0.312 e. The second-order valence-electron chi connectivity index (χ2n) is 3.45. The smallest absolute Gasteiger partial charge is 0.129 e. The van der Waals surface area contributed by atoms with Gasteiger partial charge in [0.05, 0.1) is 11.6 Å². The van der Waals surface area contributed by atoms with E-state index in [1.807, 2.05) is 19.1 Å². The van der Waals surface area contributed by atoms with Crippen molar-refractivity contribution in [3.05, 3.63) is 47.3 Å². The molecule has 84 valence electrons. The Labute approximate surface area is 95.4 Å². The van der Waals surface area contributed by atoms with Gasteiger partial charge in [0.25, 0.3) is 0 Å². The number of hydrogen-bond donors (Lipinski definition) is 1. The maximum absolute atomic E-state index is 13.4. The van der Waals surface area contributed by atoms with Gasteiger partial charge in [0, 0.05) is 12.1 Å². The number of benzene rings is 1. The van der Waals surface area contributed by atoms with Crippen molar-refractivity contribution in [3.8, 4) is 6.07 Å². The number of nitriles is 1. The summed E-state index contributed by atoms with van der Waals surface area (Å²) < 4.78 is 13.4. The Hall–Kier alpha value is -1.66. The molecule has 1 rings (SSSR count). The molecule has 16 heavy (non-hydrogen) atoms. The predicted molar refractivity (Wildman–Crippen MR) is 62.3 cm³/mol. The Kier molecular flexibility index (Phi) is 5.24. The van der Waals surface area contributed by atoms with E-state index in [2.05, 4.69) is 11.4 Å². The Bertz CT molecular complexity index is 405. The van der Waals surface area contributed by atoms with E-state index in [-0.39, 0.29) is 5.82 Å². The van der Waals surface area contributed by atoms with Gasteiger partial charge in [0.1, 0.15) is 5.82 Å². The van der Waals surface area contributed by atoms with E-state index in [4.69, 9.17) is 5.26 Å². The third-order valence-corrected chi connectivity index (χ3v) is 2.22. The Morgan fingerprint density at radius 2 is 2.31 bits per heavy atom. The van der Waals surface area contributed by atoms with Crippen molar-refractivity contribution in [1.29, 1.82) is 5.26 Å². The van der Waals surface area contributed by atoms with Crippen LogP contribution >= 0.6 is 0 Å². The van der Waals surface area contributed by atoms with E-state index in [0.29, 0.717) is 17.7 Å². The molecule has 0 fully saturated rings. The highest BCUT2D eigenvalue weighted by Gasteiger charge is 2.02. The molecule has 1 N–H and O–H groups in total. The van der Waals surface area contributed by atoms with Crippen LogP contribution in [0.3, 0.4) is 0 Å². The van der Waals surface area contributed by atoms with Crippen molar-refractivity contribution in [2.24, 2.45) is 0 Å². The lowest BCUT2D eigenvalue weighted by Crippen LogP contribution is -2.15. The summed E-state index contributed by atoms with van der Waals surface area (Å²) in [6, 6.07) is 6.46. The van der Waals surface area contributed by atoms with E-state index in [0.717, 1.165) is 13.0 Å². The summed E-state index contributed by atoms with van der Waals surface area (Å²) in [6.07, 6.45) is 4.99. The van der Waals surface area contributed by atoms with Crippen LogP contribution in [0, 0.1) is 17.1 Å². The summed E-state index contributed by atoms with van der Waals surface area (Å²) in [5.74, 6) is -0.322. The van der Waals surface area contributed by atoms with Crippen LogP contribution in [0.2, 0.25) is 0 Å². The summed E-state index contributed by atoms with van der Waals surface area (Å²) in [5.41, 5.74) is 0.953. The number of rotatable bonds is 5. The molecule has 0 unspecified atom stereocenters. The van der Waals surface area contributed by atoms with Crippen LogP contribution in [-0.2, 0) is 6.54 Å². The molecule has 1 aromatic rings. The highest BCUT2D eigenvalue weighted by molar-refractivity contribution is 5.32. The van der Waals surface area contributed by atoms with Gasteiger partial charge in [0.2, 0.25) is 0 Å². The first kappa shape index (κ1) is 12.4. The van der Waals surface area contributed by atoms with Gasteiger partial charge >= 0.3 is 0 Å². The molecule has 0 aliphatic heterocycles. The fourth-order valence-electron chi connectivity index (χ4n) is 1.34. The van der Waals surface area contributed by atoms with Crippen molar-refractivity contribution >= 4 is 0 Å². The lowest BCUT2D eigenvalue weighted by atomic mass is 10.1. The Morgan fingerprint density at radius 3 is 2.94 bits per heavy atom. The molecule has 1 aromatic carbocycles. The van der Waals surface area contributed by atoms with Gasteiger partial charge in [-0.05, 0) is 32.0 Å². The van der Waals surface area contributed by atoms with Gasteiger partial charge in [-0.1, -0.05) is 18.2 Å². The van der Waals surface area contributed by atoms with E-state index >= 15 is 0 Å². The van der Waals surface area contributed by atoms with Crippen LogP contribution in [0.5, 0.6) is 0 Å². The molecule has 3 heteroatoms. The molecule has 0 saturated carbocycles. The predicted octanol–water partition coefficient (Wildman–Crippen LogP) is 2.75. The van der Waals surface area contributed by atoms with Gasteiger partial charge in [-0.15, -0.1) is 0 Å². The first-order valence-corrected chi connectivity index (χ1v) is 5.28. The van der Waals surface area contributed by atoms with E-state index < -0.39 is 0 Å². The van der Waals surface area contributed by atoms with Gasteiger partial charge in [-0.2, -0.15) is 5.26 Å². The van der Waals surface area contributed by atoms with Crippen LogP contribution in [0.15, 0.2) is 30.4 Å². The van der Waals surface area contributed by atoms with Crippen molar-refractivity contribution in [3.63, 3.8) is 0 Å². The molecule has 0 aliphatic rings. The summed E-state index contributed by atoms with van der Waals surface area (Å²) in [6.45, 7) is 3.29. The van der Waals surface area contributed by atoms with Gasteiger partial charge in [-0.3, -0.25) is 0 Å². The largest absolute Gasteiger partial charge is 0.312 e. The standard InChI is InChI=1S/C13H15FN2/c1-2-3-4-7-16-10-12-6-5-11(9-15)8-13(12)14/h2-3,5-6,8,16H,4,7,10H2,1H3/b3-2+. The summed E-state index contributed by atoms with van der Waals surface area (Å²) in [7, 11) is 0. The first-order chi connectivity index (χ1) is 7.77. The third-order valence-electron chi connectivity index (χ3n) is 2.22. The van der Waals surface area contributed by atoms with Gasteiger partial charge in [-0.25, -0.2) is 4.39 Å². The second kappa shape index (κ2) is 6.76. The van der Waals surface area contributed by atoms with E-state index in [1.165, 1.54) is 6.07 Å². The van der Waals surface area contributed by atoms with Crippen LogP contribution in [0.1, 0.15) is 24.5 Å². The molecular weight excluding hydrogens is 203 g/mol. The van der Waals surface area contributed by atoms with Crippen molar-refractivity contribution in [1.82, 2.24) is 5.32 Å². The number of allylic oxidation sites excluding steroid dienone is 1. The monoisotopic (exact) mass is 218 g/mol. The average molecular weight is 218 g/mol. The lowest BCUT2D eigenvalue weighted by Gasteiger charge is -2.04. The third kappa shape index (κ3) is 3.84. The highest BCUT2D eigenvalue weighted by Crippen LogP contribution is 2.09. The number of nitrogens with zero attached hydrogens (tertiary/aromatic N) is 1. The minimum absolute atomic E-state index is 0.322. The van der Waals surface area contributed by atoms with Crippen molar-refractivity contribution in [2.75, 3.05) is 6.54 Å². The molecule has 0 spiro atoms. The molecule has 0 aliphatic carbocycles. The molecule has 0 saturated heterocycles. The maximum Gasteiger partial charge on any atom is 0.129 e. The topological polar surface area (TPSA) is 35.8 Å². The lowest BCUT2D eigenvalue weighted by molar-refractivity contribution is 0.589. The van der Waals surface area contributed by atoms with Gasteiger partial charge in [0.15, 0.2) is 0 Å². The number of nitrogens with one attached hydrogen (secondary N) is 1. The summed E-state index contributed by atoms with van der Waals surface area (Å²) in [5, 5.41) is 11.7. The molecule has 0 bridgehead atoms. The van der Waals surface area contributed by atoms with E-state index in [1.54, 1.807) is 12.1 Å². The van der Waals surface area contributed by atoms with E-state index in [9.17, 15) is 4.39 Å². The van der Waals surface area contributed by atoms with Crippen molar-refractivity contribution in [2.45, 2.75) is 19.9 Å². The summed E-state index contributed by atoms with van der Waals surface area (Å²) in [4.78, 5) is 0. The van der Waals surface area contributed by atoms with Gasteiger partial charge < -0.3 is 5.32 Å². The molecule has 0 atom stereocenters. The SMILES string of the molecule is C/C=C/CCNCc1ccc(C#N)cc1F. The zero-order chi connectivity index (χ0) is 11.8. The summed E-state index contributed by atoms with van der Waals surface area (Å²) >= 11 is 0. The quantitative estimate of drug-likeness (QED) is 0.609. The minimum atomic E-state index is -0.322. The van der Waals surface area contributed by atoms with Crippen LogP contribution in [0.4, 0.5) is 4.39 Å². The zero-order valence-corrected chi connectivity index (χ0v) is 9.33. The molecule has 0 radical (unpaired) electrons. The van der Waals surface area contributed by atoms with Crippen molar-refractivity contribution < 1.29 is 4.39 Å². The fourth-order valence-corrected chi connectivity index (χ4v) is 1.34. The van der Waals surface area contributed by atoms with Crippen LogP contribution in [-0.4, -0.2) is 6.54 Å².